The summed E-state index contributed by atoms with van der Waals surface area (Å²) in [6.45, 7) is 6.49. The number of rotatable bonds is 5. The molecular formula is C16H21ClF2N4O3. The Kier molecular flexibility index (Phi) is 5.44. The van der Waals surface area contributed by atoms with Crippen LogP contribution in [0.25, 0.3) is 11.2 Å². The third kappa shape index (κ3) is 4.04. The number of anilines is 1. The summed E-state index contributed by atoms with van der Waals surface area (Å²) < 4.78 is 32.3. The number of fused-ring (bicyclic) bond motifs is 1. The van der Waals surface area contributed by atoms with Crippen molar-refractivity contribution in [1.82, 2.24) is 14.5 Å². The number of hydrogen-bond donors (Lipinski definition) is 2. The quantitative estimate of drug-likeness (QED) is 0.818. The van der Waals surface area contributed by atoms with Crippen LogP contribution in [0.2, 0.25) is 5.02 Å². The van der Waals surface area contributed by atoms with E-state index in [1.807, 2.05) is 20.8 Å². The van der Waals surface area contributed by atoms with Gasteiger partial charge in [-0.25, -0.2) is 13.8 Å². The molecule has 0 fully saturated rings. The lowest BCUT2D eigenvalue weighted by molar-refractivity contribution is -0.130. The van der Waals surface area contributed by atoms with Gasteiger partial charge >= 0.3 is 0 Å². The Morgan fingerprint density at radius 1 is 1.38 bits per heavy atom. The first-order valence-electron chi connectivity index (χ1n) is 7.80. The number of carbonyl (C=O) groups is 1. The molecule has 2 rings (SSSR count). The molecule has 1 unspecified atom stereocenters. The predicted octanol–water partition coefficient (Wildman–Crippen LogP) is 3.19. The molecule has 26 heavy (non-hydrogen) atoms. The van der Waals surface area contributed by atoms with E-state index in [0.717, 1.165) is 6.92 Å². The van der Waals surface area contributed by atoms with Gasteiger partial charge in [0.1, 0.15) is 16.1 Å². The van der Waals surface area contributed by atoms with Crippen LogP contribution in [0.3, 0.4) is 0 Å². The van der Waals surface area contributed by atoms with E-state index in [0.29, 0.717) is 11.2 Å². The molecule has 10 heteroatoms. The second-order valence-electron chi connectivity index (χ2n) is 7.15. The van der Waals surface area contributed by atoms with Crippen molar-refractivity contribution in [3.05, 3.63) is 11.1 Å². The van der Waals surface area contributed by atoms with Crippen molar-refractivity contribution in [2.45, 2.75) is 51.7 Å². The number of ether oxygens (including phenoxy) is 1. The summed E-state index contributed by atoms with van der Waals surface area (Å²) in [5.74, 6) is -0.489. The average molecular weight is 391 g/mol. The first-order valence-corrected chi connectivity index (χ1v) is 8.18. The summed E-state index contributed by atoms with van der Waals surface area (Å²) >= 11 is 6.07. The maximum atomic E-state index is 12.8. The van der Waals surface area contributed by atoms with E-state index < -0.39 is 29.9 Å². The van der Waals surface area contributed by atoms with E-state index in [-0.39, 0.29) is 16.9 Å². The molecule has 0 saturated heterocycles. The zero-order valence-corrected chi connectivity index (χ0v) is 15.9. The number of aliphatic hydroxyl groups is 1. The zero-order valence-electron chi connectivity index (χ0n) is 15.1. The number of alkyl halides is 2. The lowest BCUT2D eigenvalue weighted by atomic mass is 10.0. The van der Waals surface area contributed by atoms with Crippen molar-refractivity contribution in [3.63, 3.8) is 0 Å². The van der Waals surface area contributed by atoms with Crippen LogP contribution in [0, 0.1) is 0 Å². The van der Waals surface area contributed by atoms with Crippen LogP contribution in [0.15, 0.2) is 6.07 Å². The fraction of sp³-hybridized carbons (Fsp3) is 0.562. The van der Waals surface area contributed by atoms with Crippen molar-refractivity contribution >= 4 is 34.6 Å². The van der Waals surface area contributed by atoms with E-state index in [1.54, 1.807) is 4.57 Å². The van der Waals surface area contributed by atoms with Crippen LogP contribution in [-0.4, -0.2) is 44.7 Å². The summed E-state index contributed by atoms with van der Waals surface area (Å²) in [6, 6.07) is 1.54. The number of hydrogen-bond acceptors (Lipinski definition) is 5. The molecule has 0 aliphatic rings. The molecule has 0 aromatic carbocycles. The van der Waals surface area contributed by atoms with E-state index in [4.69, 9.17) is 16.3 Å². The first-order chi connectivity index (χ1) is 11.9. The van der Waals surface area contributed by atoms with Gasteiger partial charge in [-0.2, -0.15) is 4.98 Å². The molecule has 2 N–H and O–H groups in total. The Labute approximate surface area is 154 Å². The highest BCUT2D eigenvalue weighted by Gasteiger charge is 2.35. The summed E-state index contributed by atoms with van der Waals surface area (Å²) in [5.41, 5.74) is -2.17. The summed E-state index contributed by atoms with van der Waals surface area (Å²) in [6.07, 6.45) is -3.84. The number of aromatic nitrogens is 3. The second-order valence-corrected chi connectivity index (χ2v) is 7.55. The van der Waals surface area contributed by atoms with Gasteiger partial charge in [-0.3, -0.25) is 14.7 Å². The molecule has 0 bridgehead atoms. The minimum Gasteiger partial charge on any atom is -0.480 e. The van der Waals surface area contributed by atoms with Gasteiger partial charge in [-0.1, -0.05) is 11.6 Å². The van der Waals surface area contributed by atoms with Gasteiger partial charge in [0.25, 0.3) is 6.43 Å². The van der Waals surface area contributed by atoms with Gasteiger partial charge in [0.05, 0.1) is 13.5 Å². The molecule has 0 saturated carbocycles. The van der Waals surface area contributed by atoms with Crippen LogP contribution in [0.5, 0.6) is 5.88 Å². The Balaban J connectivity index is 2.48. The molecule has 7 nitrogen and oxygen atoms in total. The third-order valence-electron chi connectivity index (χ3n) is 3.66. The van der Waals surface area contributed by atoms with Crippen molar-refractivity contribution in [2.75, 3.05) is 12.4 Å². The molecule has 0 radical (unpaired) electrons. The molecule has 2 aromatic heterocycles. The minimum atomic E-state index is -3.06. The van der Waals surface area contributed by atoms with Gasteiger partial charge in [-0.15, -0.1) is 0 Å². The van der Waals surface area contributed by atoms with Crippen molar-refractivity contribution in [2.24, 2.45) is 0 Å². The van der Waals surface area contributed by atoms with Gasteiger partial charge in [0.15, 0.2) is 5.65 Å². The van der Waals surface area contributed by atoms with Gasteiger partial charge in [0.2, 0.25) is 17.7 Å². The summed E-state index contributed by atoms with van der Waals surface area (Å²) in [7, 11) is 1.42. The SMILES string of the molecule is COc1nc2c(cc1Cl)nc(NC(=O)CC(C)(O)C(F)F)n2C(C)(C)C. The highest BCUT2D eigenvalue weighted by molar-refractivity contribution is 6.32. The molecule has 2 aromatic rings. The highest BCUT2D eigenvalue weighted by atomic mass is 35.5. The van der Waals surface area contributed by atoms with Crippen molar-refractivity contribution in [1.29, 1.82) is 0 Å². The smallest absolute Gasteiger partial charge is 0.267 e. The molecule has 1 atom stereocenters. The van der Waals surface area contributed by atoms with Gasteiger partial charge in [0, 0.05) is 5.54 Å². The van der Waals surface area contributed by atoms with Crippen LogP contribution < -0.4 is 10.1 Å². The topological polar surface area (TPSA) is 89.3 Å². The zero-order chi connectivity index (χ0) is 19.9. The van der Waals surface area contributed by atoms with Crippen molar-refractivity contribution in [3.8, 4) is 5.88 Å². The van der Waals surface area contributed by atoms with E-state index in [1.165, 1.54) is 13.2 Å². The molecule has 0 aliphatic carbocycles. The lowest BCUT2D eigenvalue weighted by Gasteiger charge is -2.25. The maximum absolute atomic E-state index is 12.8. The molecule has 1 amide bonds. The van der Waals surface area contributed by atoms with E-state index in [9.17, 15) is 18.7 Å². The number of imidazole rings is 1. The monoisotopic (exact) mass is 390 g/mol. The lowest BCUT2D eigenvalue weighted by Crippen LogP contribution is -2.38. The molecular weight excluding hydrogens is 370 g/mol. The standard InChI is InChI=1S/C16H21ClF2N4O3/c1-15(2,3)23-11-9(6-8(17)12(22-11)26-5)20-14(23)21-10(24)7-16(4,25)13(18)19/h6,13,25H,7H2,1-5H3,(H,20,21,24). The first kappa shape index (κ1) is 20.3. The molecule has 0 spiro atoms. The number of amides is 1. The normalized spacial score (nSPS) is 14.5. The largest absolute Gasteiger partial charge is 0.480 e. The summed E-state index contributed by atoms with van der Waals surface area (Å²) in [5, 5.41) is 12.3. The number of nitrogens with zero attached hydrogens (tertiary/aromatic N) is 3. The number of methoxy groups -OCH3 is 1. The minimum absolute atomic E-state index is 0.111. The Hall–Kier alpha value is -2.00. The Morgan fingerprint density at radius 3 is 2.50 bits per heavy atom. The number of nitrogens with one attached hydrogen (secondary N) is 1. The number of halogens is 3. The predicted molar refractivity (Wildman–Crippen MR) is 94.0 cm³/mol. The fourth-order valence-electron chi connectivity index (χ4n) is 2.40. The highest BCUT2D eigenvalue weighted by Crippen LogP contribution is 2.32. The van der Waals surface area contributed by atoms with Crippen LogP contribution >= 0.6 is 11.6 Å². The fourth-order valence-corrected chi connectivity index (χ4v) is 2.62. The van der Waals surface area contributed by atoms with E-state index in [2.05, 4.69) is 15.3 Å². The second kappa shape index (κ2) is 6.96. The molecule has 144 valence electrons. The Morgan fingerprint density at radius 2 is 2.00 bits per heavy atom. The number of carbonyl (C=O) groups excluding carboxylic acids is 1. The van der Waals surface area contributed by atoms with Crippen molar-refractivity contribution < 1.29 is 23.4 Å². The van der Waals surface area contributed by atoms with Gasteiger partial charge in [-0.05, 0) is 33.8 Å². The van der Waals surface area contributed by atoms with Gasteiger partial charge < -0.3 is 9.84 Å². The molecule has 2 heterocycles. The average Bonchev–Trinajstić information content (AvgIpc) is 2.81. The number of pyridine rings is 1. The third-order valence-corrected chi connectivity index (χ3v) is 3.93. The van der Waals surface area contributed by atoms with E-state index >= 15 is 0 Å². The van der Waals surface area contributed by atoms with Crippen LogP contribution in [-0.2, 0) is 10.3 Å². The Bertz CT molecular complexity index is 831. The molecule has 0 aliphatic heterocycles. The summed E-state index contributed by atoms with van der Waals surface area (Å²) in [4.78, 5) is 20.8. The van der Waals surface area contributed by atoms with Crippen LogP contribution in [0.4, 0.5) is 14.7 Å². The maximum Gasteiger partial charge on any atom is 0.267 e. The van der Waals surface area contributed by atoms with Crippen LogP contribution in [0.1, 0.15) is 34.1 Å².